The van der Waals surface area contributed by atoms with Gasteiger partial charge in [0.1, 0.15) is 0 Å². The Morgan fingerprint density at radius 2 is 2.25 bits per heavy atom. The van der Waals surface area contributed by atoms with Gasteiger partial charge in [0, 0.05) is 27.7 Å². The second kappa shape index (κ2) is 4.73. The Morgan fingerprint density at radius 1 is 1.38 bits per heavy atom. The van der Waals surface area contributed by atoms with Gasteiger partial charge in [-0.1, -0.05) is 0 Å². The molecule has 0 amide bonds. The van der Waals surface area contributed by atoms with Crippen molar-refractivity contribution in [1.82, 2.24) is 4.98 Å². The normalized spacial score (nSPS) is 10.5. The Morgan fingerprint density at radius 3 is 3.00 bits per heavy atom. The first-order chi connectivity index (χ1) is 7.79. The van der Waals surface area contributed by atoms with Crippen molar-refractivity contribution in [3.8, 4) is 16.5 Å². The number of nitriles is 1. The molecule has 16 heavy (non-hydrogen) atoms. The Balaban J connectivity index is 2.32. The van der Waals surface area contributed by atoms with E-state index in [1.165, 1.54) is 16.5 Å². The van der Waals surface area contributed by atoms with E-state index in [1.54, 1.807) is 11.3 Å². The third-order valence-corrected chi connectivity index (χ3v) is 3.23. The molecule has 2 rings (SSSR count). The summed E-state index contributed by atoms with van der Waals surface area (Å²) in [5, 5.41) is 8.45. The summed E-state index contributed by atoms with van der Waals surface area (Å²) in [6.45, 7) is 1.98. The molecular formula is C13H10N2S. The number of nitrogens with zero attached hydrogens (tertiary/aromatic N) is 2. The molecule has 0 atom stereocenters. The van der Waals surface area contributed by atoms with Crippen LogP contribution >= 0.6 is 11.3 Å². The number of pyridine rings is 1. The number of thiophene rings is 1. The smallest absolute Gasteiger partial charge is 0.0912 e. The van der Waals surface area contributed by atoms with Crippen LogP contribution in [0.5, 0.6) is 0 Å². The van der Waals surface area contributed by atoms with Crippen LogP contribution in [0.4, 0.5) is 0 Å². The fraction of sp³-hybridized carbons (Fsp3) is 0.0769. The van der Waals surface area contributed by atoms with Crippen LogP contribution in [-0.2, 0) is 0 Å². The van der Waals surface area contributed by atoms with E-state index in [0.29, 0.717) is 0 Å². The second-order valence-corrected chi connectivity index (χ2v) is 4.47. The first-order valence-electron chi connectivity index (χ1n) is 4.88. The second-order valence-electron chi connectivity index (χ2n) is 3.35. The lowest BCUT2D eigenvalue weighted by Crippen LogP contribution is -1.79. The minimum Gasteiger partial charge on any atom is -0.262 e. The monoisotopic (exact) mass is 226 g/mol. The zero-order valence-electron chi connectivity index (χ0n) is 8.84. The number of hydrogen-bond acceptors (Lipinski definition) is 3. The first-order valence-corrected chi connectivity index (χ1v) is 5.70. The molecule has 0 saturated carbocycles. The molecule has 0 N–H and O–H groups in total. The van der Waals surface area contributed by atoms with Crippen molar-refractivity contribution in [2.24, 2.45) is 0 Å². The number of hydrogen-bond donors (Lipinski definition) is 0. The Labute approximate surface area is 98.5 Å². The third-order valence-electron chi connectivity index (χ3n) is 2.13. The van der Waals surface area contributed by atoms with Gasteiger partial charge in [0.2, 0.25) is 0 Å². The number of rotatable bonds is 2. The topological polar surface area (TPSA) is 36.7 Å². The lowest BCUT2D eigenvalue weighted by Gasteiger charge is -1.97. The summed E-state index contributed by atoms with van der Waals surface area (Å²) in [5.74, 6) is 0. The molecule has 0 radical (unpaired) electrons. The van der Waals surface area contributed by atoms with Crippen molar-refractivity contribution < 1.29 is 0 Å². The molecule has 2 nitrogen and oxygen atoms in total. The van der Waals surface area contributed by atoms with Crippen molar-refractivity contribution in [2.75, 3.05) is 0 Å². The van der Waals surface area contributed by atoms with E-state index < -0.39 is 0 Å². The van der Waals surface area contributed by atoms with Crippen LogP contribution in [0, 0.1) is 18.3 Å². The fourth-order valence-electron chi connectivity index (χ4n) is 1.42. The molecule has 0 saturated heterocycles. The molecule has 0 bridgehead atoms. The molecule has 2 aromatic heterocycles. The SMILES string of the molecule is Cc1cc(-c2ccc(/C=C\C#N)s2)ccn1. The Bertz CT molecular complexity index is 561. The average Bonchev–Trinajstić information content (AvgIpc) is 2.75. The predicted molar refractivity (Wildman–Crippen MR) is 66.9 cm³/mol. The predicted octanol–water partition coefficient (Wildman–Crippen LogP) is 3.66. The van der Waals surface area contributed by atoms with E-state index in [1.807, 2.05) is 37.4 Å². The van der Waals surface area contributed by atoms with Gasteiger partial charge in [-0.3, -0.25) is 4.98 Å². The van der Waals surface area contributed by atoms with Gasteiger partial charge in [0.15, 0.2) is 0 Å². The highest BCUT2D eigenvalue weighted by molar-refractivity contribution is 7.16. The van der Waals surface area contributed by atoms with Crippen molar-refractivity contribution >= 4 is 17.4 Å². The maximum absolute atomic E-state index is 8.45. The maximum Gasteiger partial charge on any atom is 0.0912 e. The van der Waals surface area contributed by atoms with Gasteiger partial charge < -0.3 is 0 Å². The van der Waals surface area contributed by atoms with Gasteiger partial charge in [-0.05, 0) is 42.8 Å². The molecular weight excluding hydrogens is 216 g/mol. The summed E-state index contributed by atoms with van der Waals surface area (Å²) >= 11 is 1.67. The number of aryl methyl sites for hydroxylation is 1. The lowest BCUT2D eigenvalue weighted by atomic mass is 10.2. The van der Waals surface area contributed by atoms with Gasteiger partial charge in [-0.25, -0.2) is 0 Å². The van der Waals surface area contributed by atoms with Crippen LogP contribution in [0.3, 0.4) is 0 Å². The lowest BCUT2D eigenvalue weighted by molar-refractivity contribution is 1.20. The van der Waals surface area contributed by atoms with E-state index in [2.05, 4.69) is 17.1 Å². The van der Waals surface area contributed by atoms with Crippen LogP contribution in [0.2, 0.25) is 0 Å². The van der Waals surface area contributed by atoms with Gasteiger partial charge in [0.05, 0.1) is 6.07 Å². The van der Waals surface area contributed by atoms with E-state index in [-0.39, 0.29) is 0 Å². The van der Waals surface area contributed by atoms with Crippen LogP contribution in [0.25, 0.3) is 16.5 Å². The van der Waals surface area contributed by atoms with Crippen molar-refractivity contribution in [1.29, 1.82) is 5.26 Å². The minimum absolute atomic E-state index is 1.01. The molecule has 2 aromatic rings. The van der Waals surface area contributed by atoms with Crippen molar-refractivity contribution in [3.05, 3.63) is 47.1 Å². The van der Waals surface area contributed by atoms with E-state index in [9.17, 15) is 0 Å². The van der Waals surface area contributed by atoms with Crippen LogP contribution < -0.4 is 0 Å². The molecule has 0 fully saturated rings. The van der Waals surface area contributed by atoms with Gasteiger partial charge >= 0.3 is 0 Å². The van der Waals surface area contributed by atoms with Crippen LogP contribution in [0.1, 0.15) is 10.6 Å². The van der Waals surface area contributed by atoms with E-state index >= 15 is 0 Å². The van der Waals surface area contributed by atoms with Crippen molar-refractivity contribution in [3.63, 3.8) is 0 Å². The number of aromatic nitrogens is 1. The Kier molecular flexibility index (Phi) is 3.13. The summed E-state index contributed by atoms with van der Waals surface area (Å²) in [6, 6.07) is 10.1. The van der Waals surface area contributed by atoms with Crippen LogP contribution in [0.15, 0.2) is 36.5 Å². The summed E-state index contributed by atoms with van der Waals surface area (Å²) in [6.07, 6.45) is 5.13. The van der Waals surface area contributed by atoms with Gasteiger partial charge in [-0.15, -0.1) is 11.3 Å². The summed E-state index contributed by atoms with van der Waals surface area (Å²) in [5.41, 5.74) is 2.19. The van der Waals surface area contributed by atoms with Gasteiger partial charge in [0.25, 0.3) is 0 Å². The highest BCUT2D eigenvalue weighted by Crippen LogP contribution is 2.28. The highest BCUT2D eigenvalue weighted by atomic mass is 32.1. The standard InChI is InChI=1S/C13H10N2S/c1-10-9-11(6-8-15-10)13-5-4-12(16-13)3-2-7-14/h2-6,8-9H,1H3/b3-2-. The molecule has 0 aliphatic rings. The third kappa shape index (κ3) is 2.36. The fourth-order valence-corrected chi connectivity index (χ4v) is 2.32. The molecule has 3 heteroatoms. The summed E-state index contributed by atoms with van der Waals surface area (Å²) < 4.78 is 0. The van der Waals surface area contributed by atoms with E-state index in [4.69, 9.17) is 5.26 Å². The summed E-state index contributed by atoms with van der Waals surface area (Å²) in [4.78, 5) is 6.46. The molecule has 2 heterocycles. The van der Waals surface area contributed by atoms with Crippen LogP contribution in [-0.4, -0.2) is 4.98 Å². The molecule has 78 valence electrons. The zero-order valence-corrected chi connectivity index (χ0v) is 9.66. The largest absolute Gasteiger partial charge is 0.262 e. The quantitative estimate of drug-likeness (QED) is 0.733. The van der Waals surface area contributed by atoms with Gasteiger partial charge in [-0.2, -0.15) is 5.26 Å². The Hall–Kier alpha value is -1.92. The average molecular weight is 226 g/mol. The molecule has 0 aromatic carbocycles. The van der Waals surface area contributed by atoms with E-state index in [0.717, 1.165) is 10.6 Å². The number of allylic oxidation sites excluding steroid dienone is 1. The molecule has 0 aliphatic carbocycles. The molecule has 0 aliphatic heterocycles. The van der Waals surface area contributed by atoms with Crippen molar-refractivity contribution in [2.45, 2.75) is 6.92 Å². The minimum atomic E-state index is 1.01. The molecule has 0 unspecified atom stereocenters. The summed E-state index contributed by atoms with van der Waals surface area (Å²) in [7, 11) is 0. The first kappa shape index (κ1) is 10.6. The molecule has 0 spiro atoms. The maximum atomic E-state index is 8.45. The highest BCUT2D eigenvalue weighted by Gasteiger charge is 2.01. The zero-order chi connectivity index (χ0) is 11.4.